The summed E-state index contributed by atoms with van der Waals surface area (Å²) in [4.78, 5) is 38.0. The Bertz CT molecular complexity index is 913. The lowest BCUT2D eigenvalue weighted by atomic mass is 10.2. The van der Waals surface area contributed by atoms with Crippen LogP contribution in [0.1, 0.15) is 23.7 Å². The second-order valence-electron chi connectivity index (χ2n) is 6.09. The van der Waals surface area contributed by atoms with Crippen molar-refractivity contribution in [3.63, 3.8) is 0 Å². The zero-order chi connectivity index (χ0) is 20.3. The molecule has 8 heteroatoms. The largest absolute Gasteiger partial charge is 0.495 e. The molecule has 0 radical (unpaired) electrons. The summed E-state index contributed by atoms with van der Waals surface area (Å²) in [6.45, 7) is 1.99. The third-order valence-corrected chi connectivity index (χ3v) is 4.57. The van der Waals surface area contributed by atoms with Gasteiger partial charge < -0.3 is 14.8 Å². The summed E-state index contributed by atoms with van der Waals surface area (Å²) < 4.78 is 10.0. The van der Waals surface area contributed by atoms with Crippen LogP contribution in [0.3, 0.4) is 0 Å². The van der Waals surface area contributed by atoms with Gasteiger partial charge in [-0.25, -0.2) is 9.69 Å². The summed E-state index contributed by atoms with van der Waals surface area (Å²) >= 11 is 6.10. The van der Waals surface area contributed by atoms with Crippen molar-refractivity contribution in [2.24, 2.45) is 0 Å². The third-order valence-electron chi connectivity index (χ3n) is 4.28. The van der Waals surface area contributed by atoms with Crippen LogP contribution < -0.4 is 15.0 Å². The van der Waals surface area contributed by atoms with Gasteiger partial charge in [-0.05, 0) is 49.4 Å². The molecule has 0 aromatic heterocycles. The maximum atomic E-state index is 12.7. The minimum atomic E-state index is -0.707. The SMILES string of the molecule is CCOC(=O)c1ccc(N2C(=O)C[C@H](Nc3ccc(OC)c(Cl)c3)C2=O)cc1. The second kappa shape index (κ2) is 8.31. The fourth-order valence-electron chi connectivity index (χ4n) is 2.93. The van der Waals surface area contributed by atoms with E-state index >= 15 is 0 Å². The van der Waals surface area contributed by atoms with Crippen LogP contribution in [-0.2, 0) is 14.3 Å². The van der Waals surface area contributed by atoms with Gasteiger partial charge >= 0.3 is 5.97 Å². The molecule has 3 rings (SSSR count). The molecule has 146 valence electrons. The van der Waals surface area contributed by atoms with Crippen molar-refractivity contribution >= 4 is 40.8 Å². The first-order valence-electron chi connectivity index (χ1n) is 8.68. The van der Waals surface area contributed by atoms with Crippen molar-refractivity contribution in [1.82, 2.24) is 0 Å². The lowest BCUT2D eigenvalue weighted by molar-refractivity contribution is -0.121. The Labute approximate surface area is 167 Å². The lowest BCUT2D eigenvalue weighted by Gasteiger charge is -2.17. The number of imide groups is 1. The van der Waals surface area contributed by atoms with E-state index in [1.165, 1.54) is 19.2 Å². The molecule has 1 fully saturated rings. The molecule has 0 spiro atoms. The molecule has 0 bridgehead atoms. The molecule has 1 saturated heterocycles. The number of ether oxygens (including phenoxy) is 2. The van der Waals surface area contributed by atoms with Crippen molar-refractivity contribution in [2.45, 2.75) is 19.4 Å². The lowest BCUT2D eigenvalue weighted by Crippen LogP contribution is -2.34. The van der Waals surface area contributed by atoms with E-state index in [1.807, 2.05) is 0 Å². The van der Waals surface area contributed by atoms with Crippen LogP contribution >= 0.6 is 11.6 Å². The number of nitrogens with one attached hydrogen (secondary N) is 1. The van der Waals surface area contributed by atoms with Gasteiger partial charge in [0.05, 0.1) is 36.4 Å². The number of methoxy groups -OCH3 is 1. The van der Waals surface area contributed by atoms with Crippen LogP contribution in [0.25, 0.3) is 0 Å². The molecule has 0 unspecified atom stereocenters. The first kappa shape index (κ1) is 19.7. The van der Waals surface area contributed by atoms with E-state index in [2.05, 4.69) is 5.32 Å². The smallest absolute Gasteiger partial charge is 0.338 e. The Morgan fingerprint density at radius 3 is 2.54 bits per heavy atom. The van der Waals surface area contributed by atoms with Gasteiger partial charge in [0.2, 0.25) is 5.91 Å². The molecular weight excluding hydrogens is 384 g/mol. The summed E-state index contributed by atoms with van der Waals surface area (Å²) in [6, 6.07) is 10.5. The van der Waals surface area contributed by atoms with E-state index in [0.717, 1.165) is 4.90 Å². The summed E-state index contributed by atoms with van der Waals surface area (Å²) in [7, 11) is 1.51. The van der Waals surface area contributed by atoms with Crippen molar-refractivity contribution in [2.75, 3.05) is 23.9 Å². The average Bonchev–Trinajstić information content (AvgIpc) is 2.95. The van der Waals surface area contributed by atoms with Gasteiger partial charge in [0.1, 0.15) is 11.8 Å². The number of carbonyl (C=O) groups is 3. The summed E-state index contributed by atoms with van der Waals surface area (Å²) in [5, 5.41) is 3.43. The number of benzene rings is 2. The van der Waals surface area contributed by atoms with Crippen LogP contribution in [0.15, 0.2) is 42.5 Å². The number of rotatable bonds is 6. The van der Waals surface area contributed by atoms with Gasteiger partial charge in [-0.3, -0.25) is 9.59 Å². The van der Waals surface area contributed by atoms with Gasteiger partial charge in [-0.2, -0.15) is 0 Å². The number of hydrogen-bond acceptors (Lipinski definition) is 6. The molecular formula is C20H19ClN2O5. The summed E-state index contributed by atoms with van der Waals surface area (Å²) in [5.41, 5.74) is 1.36. The quantitative estimate of drug-likeness (QED) is 0.589. The Kier molecular flexibility index (Phi) is 5.84. The number of halogens is 1. The van der Waals surface area contributed by atoms with E-state index in [4.69, 9.17) is 21.1 Å². The van der Waals surface area contributed by atoms with Crippen LogP contribution in [0, 0.1) is 0 Å². The molecule has 1 aliphatic heterocycles. The van der Waals surface area contributed by atoms with E-state index in [1.54, 1.807) is 37.3 Å². The Hall–Kier alpha value is -3.06. The first-order chi connectivity index (χ1) is 13.4. The number of anilines is 2. The summed E-state index contributed by atoms with van der Waals surface area (Å²) in [5.74, 6) is -0.639. The van der Waals surface area contributed by atoms with Crippen molar-refractivity contribution in [3.05, 3.63) is 53.1 Å². The standard InChI is InChI=1S/C20H19ClN2O5/c1-3-28-20(26)12-4-7-14(8-5-12)23-18(24)11-16(19(23)25)22-13-6-9-17(27-2)15(21)10-13/h4-10,16,22H,3,11H2,1-2H3/t16-/m0/s1. The molecule has 2 aromatic rings. The molecule has 1 N–H and O–H groups in total. The van der Waals surface area contributed by atoms with Gasteiger partial charge in [-0.15, -0.1) is 0 Å². The fourth-order valence-corrected chi connectivity index (χ4v) is 3.19. The number of nitrogens with zero attached hydrogens (tertiary/aromatic N) is 1. The van der Waals surface area contributed by atoms with Crippen LogP contribution in [-0.4, -0.2) is 37.5 Å². The normalized spacial score (nSPS) is 16.2. The zero-order valence-corrected chi connectivity index (χ0v) is 16.2. The average molecular weight is 403 g/mol. The molecule has 0 saturated carbocycles. The topological polar surface area (TPSA) is 84.9 Å². The highest BCUT2D eigenvalue weighted by molar-refractivity contribution is 6.32. The fraction of sp³-hybridized carbons (Fsp3) is 0.250. The predicted molar refractivity (Wildman–Crippen MR) is 105 cm³/mol. The van der Waals surface area contributed by atoms with Crippen molar-refractivity contribution in [1.29, 1.82) is 0 Å². The molecule has 2 amide bonds. The van der Waals surface area contributed by atoms with Gasteiger partial charge in [0.25, 0.3) is 5.91 Å². The highest BCUT2D eigenvalue weighted by Crippen LogP contribution is 2.30. The van der Waals surface area contributed by atoms with E-state index in [0.29, 0.717) is 27.7 Å². The Morgan fingerprint density at radius 2 is 1.93 bits per heavy atom. The van der Waals surface area contributed by atoms with E-state index in [9.17, 15) is 14.4 Å². The van der Waals surface area contributed by atoms with Crippen molar-refractivity contribution in [3.8, 4) is 5.75 Å². The maximum absolute atomic E-state index is 12.7. The minimum absolute atomic E-state index is 0.0160. The van der Waals surface area contributed by atoms with Crippen molar-refractivity contribution < 1.29 is 23.9 Å². The molecule has 2 aromatic carbocycles. The zero-order valence-electron chi connectivity index (χ0n) is 15.4. The number of esters is 1. The third kappa shape index (κ3) is 3.94. The Morgan fingerprint density at radius 1 is 1.21 bits per heavy atom. The number of hydrogen-bond donors (Lipinski definition) is 1. The van der Waals surface area contributed by atoms with Gasteiger partial charge in [-0.1, -0.05) is 11.6 Å². The number of amides is 2. The molecule has 1 atom stereocenters. The van der Waals surface area contributed by atoms with Crippen LogP contribution in [0.4, 0.5) is 11.4 Å². The van der Waals surface area contributed by atoms with Crippen LogP contribution in [0.5, 0.6) is 5.75 Å². The maximum Gasteiger partial charge on any atom is 0.338 e. The highest BCUT2D eigenvalue weighted by atomic mass is 35.5. The molecule has 0 aliphatic carbocycles. The predicted octanol–water partition coefficient (Wildman–Crippen LogP) is 3.27. The van der Waals surface area contributed by atoms with Crippen LogP contribution in [0.2, 0.25) is 5.02 Å². The molecule has 1 aliphatic rings. The molecule has 1 heterocycles. The molecule has 7 nitrogen and oxygen atoms in total. The molecule has 28 heavy (non-hydrogen) atoms. The second-order valence-corrected chi connectivity index (χ2v) is 6.49. The van der Waals surface area contributed by atoms with Gasteiger partial charge in [0.15, 0.2) is 0 Å². The summed E-state index contributed by atoms with van der Waals surface area (Å²) in [6.07, 6.45) is 0.0160. The van der Waals surface area contributed by atoms with E-state index < -0.39 is 12.0 Å². The van der Waals surface area contributed by atoms with E-state index in [-0.39, 0.29) is 24.8 Å². The first-order valence-corrected chi connectivity index (χ1v) is 9.06. The van der Waals surface area contributed by atoms with Gasteiger partial charge in [0, 0.05) is 5.69 Å². The monoisotopic (exact) mass is 402 g/mol. The highest BCUT2D eigenvalue weighted by Gasteiger charge is 2.39. The Balaban J connectivity index is 1.74. The number of carbonyl (C=O) groups excluding carboxylic acids is 3. The minimum Gasteiger partial charge on any atom is -0.495 e.